The van der Waals surface area contributed by atoms with Gasteiger partial charge in [0.2, 0.25) is 5.91 Å². The van der Waals surface area contributed by atoms with Crippen LogP contribution in [-0.4, -0.2) is 27.0 Å². The van der Waals surface area contributed by atoms with Crippen molar-refractivity contribution < 1.29 is 18.8 Å². The quantitative estimate of drug-likeness (QED) is 0.252. The third kappa shape index (κ3) is 5.65. The maximum atomic E-state index is 12.7. The number of ether oxygens (including phenoxy) is 1. The van der Waals surface area contributed by atoms with Crippen molar-refractivity contribution >= 4 is 45.8 Å². The molecule has 168 valence electrons. The van der Waals surface area contributed by atoms with Crippen LogP contribution in [0.1, 0.15) is 34.4 Å². The predicted octanol–water partition coefficient (Wildman–Crippen LogP) is 5.17. The summed E-state index contributed by atoms with van der Waals surface area (Å²) in [6, 6.07) is 14.5. The zero-order valence-electron chi connectivity index (χ0n) is 17.9. The van der Waals surface area contributed by atoms with Crippen LogP contribution < -0.4 is 4.90 Å². The highest BCUT2D eigenvalue weighted by Crippen LogP contribution is 2.29. The van der Waals surface area contributed by atoms with Crippen LogP contribution in [-0.2, 0) is 21.9 Å². The minimum Gasteiger partial charge on any atom is -0.455 e. The average Bonchev–Trinajstić information content (AvgIpc) is 3.46. The molecule has 1 amide bonds. The van der Waals surface area contributed by atoms with Gasteiger partial charge in [0.15, 0.2) is 5.13 Å². The third-order valence-electron chi connectivity index (χ3n) is 4.44. The zero-order valence-corrected chi connectivity index (χ0v) is 19.6. The normalized spacial score (nSPS) is 10.7. The molecule has 4 aromatic rings. The van der Waals surface area contributed by atoms with Gasteiger partial charge in [0.1, 0.15) is 17.4 Å². The van der Waals surface area contributed by atoms with Gasteiger partial charge >= 0.3 is 5.97 Å². The van der Waals surface area contributed by atoms with Gasteiger partial charge in [0.25, 0.3) is 0 Å². The Morgan fingerprint density at radius 2 is 1.97 bits per heavy atom. The molecule has 8 nitrogen and oxygen atoms in total. The number of thioether (sulfide) groups is 1. The van der Waals surface area contributed by atoms with E-state index in [4.69, 9.17) is 9.26 Å². The topological polar surface area (TPSA) is 98.4 Å². The van der Waals surface area contributed by atoms with E-state index < -0.39 is 5.97 Å². The first-order valence-electron chi connectivity index (χ1n) is 9.98. The van der Waals surface area contributed by atoms with Gasteiger partial charge in [-0.15, -0.1) is 11.3 Å². The lowest BCUT2D eigenvalue weighted by Gasteiger charge is -2.17. The van der Waals surface area contributed by atoms with Crippen LogP contribution >= 0.6 is 23.1 Å². The van der Waals surface area contributed by atoms with Crippen molar-refractivity contribution in [3.8, 4) is 0 Å². The Hall–Kier alpha value is -3.50. The SMILES string of the molecule is CC(=O)N(c1ccccc1)c1nc(COC(=O)c2cccnc2SCc2cc(C)on2)cs1. The molecule has 0 atom stereocenters. The number of aromatic nitrogens is 3. The monoisotopic (exact) mass is 480 g/mol. The fourth-order valence-electron chi connectivity index (χ4n) is 2.98. The molecule has 0 radical (unpaired) electrons. The minimum atomic E-state index is -0.497. The van der Waals surface area contributed by atoms with E-state index in [2.05, 4.69) is 15.1 Å². The fourth-order valence-corrected chi connectivity index (χ4v) is 4.71. The number of pyridine rings is 1. The first kappa shape index (κ1) is 22.7. The van der Waals surface area contributed by atoms with E-state index in [1.165, 1.54) is 34.9 Å². The Morgan fingerprint density at radius 3 is 2.70 bits per heavy atom. The van der Waals surface area contributed by atoms with Crippen molar-refractivity contribution in [1.29, 1.82) is 0 Å². The molecule has 3 aromatic heterocycles. The lowest BCUT2D eigenvalue weighted by Crippen LogP contribution is -2.22. The summed E-state index contributed by atoms with van der Waals surface area (Å²) >= 11 is 2.69. The van der Waals surface area contributed by atoms with Gasteiger partial charge in [0, 0.05) is 30.3 Å². The molecule has 0 saturated heterocycles. The van der Waals surface area contributed by atoms with Crippen LogP contribution in [0.5, 0.6) is 0 Å². The first-order valence-corrected chi connectivity index (χ1v) is 11.8. The van der Waals surface area contributed by atoms with Crippen molar-refractivity contribution in [3.63, 3.8) is 0 Å². The second kappa shape index (κ2) is 10.4. The molecule has 0 fully saturated rings. The number of amides is 1. The number of anilines is 2. The van der Waals surface area contributed by atoms with Crippen molar-refractivity contribution in [2.24, 2.45) is 0 Å². The molecule has 0 bridgehead atoms. The number of nitrogens with zero attached hydrogens (tertiary/aromatic N) is 4. The number of hydrogen-bond acceptors (Lipinski definition) is 9. The highest BCUT2D eigenvalue weighted by atomic mass is 32.2. The summed E-state index contributed by atoms with van der Waals surface area (Å²) in [5.41, 5.74) is 2.42. The van der Waals surface area contributed by atoms with Gasteiger partial charge in [-0.2, -0.15) is 0 Å². The summed E-state index contributed by atoms with van der Waals surface area (Å²) in [6.07, 6.45) is 1.62. The maximum absolute atomic E-state index is 12.7. The van der Waals surface area contributed by atoms with Crippen molar-refractivity contribution in [1.82, 2.24) is 15.1 Å². The molecule has 0 N–H and O–H groups in total. The van der Waals surface area contributed by atoms with Crippen LogP contribution in [0.25, 0.3) is 0 Å². The maximum Gasteiger partial charge on any atom is 0.341 e. The average molecular weight is 481 g/mol. The molecule has 33 heavy (non-hydrogen) atoms. The van der Waals surface area contributed by atoms with Gasteiger partial charge in [-0.25, -0.2) is 14.8 Å². The summed E-state index contributed by atoms with van der Waals surface area (Å²) in [4.78, 5) is 35.2. The van der Waals surface area contributed by atoms with E-state index in [0.29, 0.717) is 27.2 Å². The number of esters is 1. The lowest BCUT2D eigenvalue weighted by atomic mass is 10.3. The van der Waals surface area contributed by atoms with Crippen LogP contribution in [0, 0.1) is 6.92 Å². The number of hydrogen-bond donors (Lipinski definition) is 0. The second-order valence-electron chi connectivity index (χ2n) is 6.96. The molecule has 1 aromatic carbocycles. The summed E-state index contributed by atoms with van der Waals surface area (Å²) < 4.78 is 10.6. The number of carbonyl (C=O) groups is 2. The van der Waals surface area contributed by atoms with E-state index in [0.717, 1.165) is 17.1 Å². The summed E-state index contributed by atoms with van der Waals surface area (Å²) in [5.74, 6) is 0.593. The summed E-state index contributed by atoms with van der Waals surface area (Å²) in [6.45, 7) is 3.29. The predicted molar refractivity (Wildman–Crippen MR) is 126 cm³/mol. The number of aryl methyl sites for hydroxylation is 1. The van der Waals surface area contributed by atoms with Crippen LogP contribution in [0.3, 0.4) is 0 Å². The number of rotatable bonds is 8. The molecule has 0 aliphatic heterocycles. The number of carbonyl (C=O) groups excluding carboxylic acids is 2. The standard InChI is InChI=1S/C23H20N4O4S2/c1-15-11-17(26-31-15)13-32-21-20(9-6-10-24-21)22(29)30-12-18-14-33-23(25-18)27(16(2)28)19-7-4-3-5-8-19/h3-11,14H,12-13H2,1-2H3. The molecule has 0 unspecified atom stereocenters. The van der Waals surface area contributed by atoms with Gasteiger partial charge < -0.3 is 9.26 Å². The Balaban J connectivity index is 1.41. The molecule has 0 aliphatic carbocycles. The largest absolute Gasteiger partial charge is 0.455 e. The number of benzene rings is 1. The van der Waals surface area contributed by atoms with Gasteiger partial charge in [-0.3, -0.25) is 9.69 Å². The molecule has 0 saturated carbocycles. The van der Waals surface area contributed by atoms with Gasteiger partial charge in [0.05, 0.1) is 22.6 Å². The van der Waals surface area contributed by atoms with E-state index in [1.807, 2.05) is 43.3 Å². The highest BCUT2D eigenvalue weighted by Gasteiger charge is 2.19. The minimum absolute atomic E-state index is 0.0165. The molecule has 4 rings (SSSR count). The van der Waals surface area contributed by atoms with Crippen molar-refractivity contribution in [3.05, 3.63) is 82.8 Å². The number of thiazole rings is 1. The number of para-hydroxylation sites is 1. The Bertz CT molecular complexity index is 1260. The Kier molecular flexibility index (Phi) is 7.16. The molecule has 10 heteroatoms. The van der Waals surface area contributed by atoms with E-state index in [9.17, 15) is 9.59 Å². The Morgan fingerprint density at radius 1 is 1.15 bits per heavy atom. The molecular formula is C23H20N4O4S2. The first-order chi connectivity index (χ1) is 16.0. The Labute approximate surface area is 198 Å². The van der Waals surface area contributed by atoms with E-state index in [-0.39, 0.29) is 12.5 Å². The fraction of sp³-hybridized carbons (Fsp3) is 0.174. The molecule has 3 heterocycles. The molecular weight excluding hydrogens is 460 g/mol. The third-order valence-corrected chi connectivity index (χ3v) is 6.35. The molecule has 0 spiro atoms. The summed E-state index contributed by atoms with van der Waals surface area (Å²) in [5, 5.41) is 6.79. The van der Waals surface area contributed by atoms with Gasteiger partial charge in [-0.1, -0.05) is 35.1 Å². The van der Waals surface area contributed by atoms with Gasteiger partial charge in [-0.05, 0) is 31.2 Å². The van der Waals surface area contributed by atoms with Crippen molar-refractivity contribution in [2.75, 3.05) is 4.90 Å². The van der Waals surface area contributed by atoms with E-state index >= 15 is 0 Å². The van der Waals surface area contributed by atoms with Crippen LogP contribution in [0.15, 0.2) is 69.7 Å². The smallest absolute Gasteiger partial charge is 0.341 e. The second-order valence-corrected chi connectivity index (χ2v) is 8.76. The molecule has 0 aliphatic rings. The van der Waals surface area contributed by atoms with Crippen LogP contribution in [0.4, 0.5) is 10.8 Å². The summed E-state index contributed by atoms with van der Waals surface area (Å²) in [7, 11) is 0. The lowest BCUT2D eigenvalue weighted by molar-refractivity contribution is -0.115. The zero-order chi connectivity index (χ0) is 23.2. The van der Waals surface area contributed by atoms with Crippen LogP contribution in [0.2, 0.25) is 0 Å². The van der Waals surface area contributed by atoms with E-state index in [1.54, 1.807) is 23.7 Å². The van der Waals surface area contributed by atoms with Crippen molar-refractivity contribution in [2.45, 2.75) is 31.2 Å². The highest BCUT2D eigenvalue weighted by molar-refractivity contribution is 7.98.